The van der Waals surface area contributed by atoms with E-state index < -0.39 is 5.97 Å². The fourth-order valence-corrected chi connectivity index (χ4v) is 1.71. The van der Waals surface area contributed by atoms with E-state index in [9.17, 15) is 14.7 Å². The summed E-state index contributed by atoms with van der Waals surface area (Å²) in [6, 6.07) is 11.0. The third kappa shape index (κ3) is 3.48. The first-order valence-corrected chi connectivity index (χ1v) is 6.12. The molecule has 0 radical (unpaired) electrons. The Labute approximate surface area is 122 Å². The zero-order valence-corrected chi connectivity index (χ0v) is 11.3. The highest BCUT2D eigenvalue weighted by molar-refractivity contribution is 5.89. The maximum absolute atomic E-state index is 11.3. The van der Waals surface area contributed by atoms with Gasteiger partial charge in [0.15, 0.2) is 6.29 Å². The van der Waals surface area contributed by atoms with Crippen molar-refractivity contribution in [1.29, 1.82) is 0 Å². The molecule has 0 spiro atoms. The SMILES string of the molecule is COC(=O)c1ccc(C#Cc2ccc(O)cc2C=O)cc1. The molecule has 0 heterocycles. The van der Waals surface area contributed by atoms with Gasteiger partial charge < -0.3 is 9.84 Å². The van der Waals surface area contributed by atoms with Gasteiger partial charge in [0.2, 0.25) is 0 Å². The fraction of sp³-hybridized carbons (Fsp3) is 0.0588. The number of phenolic OH excluding ortho intramolecular Hbond substituents is 1. The summed E-state index contributed by atoms with van der Waals surface area (Å²) >= 11 is 0. The molecule has 0 fully saturated rings. The Hall–Kier alpha value is -3.06. The monoisotopic (exact) mass is 280 g/mol. The van der Waals surface area contributed by atoms with Crippen molar-refractivity contribution < 1.29 is 19.4 Å². The van der Waals surface area contributed by atoms with Crippen LogP contribution in [-0.2, 0) is 4.74 Å². The summed E-state index contributed by atoms with van der Waals surface area (Å²) in [7, 11) is 1.32. The Morgan fingerprint density at radius 1 is 1.14 bits per heavy atom. The molecule has 0 aliphatic rings. The molecule has 0 atom stereocenters. The normalized spacial score (nSPS) is 9.38. The van der Waals surface area contributed by atoms with Gasteiger partial charge in [0.1, 0.15) is 5.75 Å². The molecule has 0 saturated heterocycles. The van der Waals surface area contributed by atoms with Gasteiger partial charge in [-0.15, -0.1) is 0 Å². The molecular weight excluding hydrogens is 268 g/mol. The molecule has 104 valence electrons. The summed E-state index contributed by atoms with van der Waals surface area (Å²) in [5.41, 5.74) is 2.00. The topological polar surface area (TPSA) is 63.6 Å². The second-order valence-electron chi connectivity index (χ2n) is 4.21. The Balaban J connectivity index is 2.27. The van der Waals surface area contributed by atoms with Crippen LogP contribution in [0.15, 0.2) is 42.5 Å². The quantitative estimate of drug-likeness (QED) is 0.521. The minimum atomic E-state index is -0.406. The maximum atomic E-state index is 11.3. The standard InChI is InChI=1S/C17H12O4/c1-21-17(20)14-6-3-12(4-7-14)2-5-13-8-9-16(19)10-15(13)11-18/h3-4,6-11,19H,1H3. The van der Waals surface area contributed by atoms with E-state index in [0.29, 0.717) is 28.5 Å². The molecule has 2 aromatic carbocycles. The number of phenols is 1. The highest BCUT2D eigenvalue weighted by Gasteiger charge is 2.03. The Morgan fingerprint density at radius 2 is 1.86 bits per heavy atom. The molecule has 0 aliphatic carbocycles. The molecule has 0 amide bonds. The molecule has 1 N–H and O–H groups in total. The van der Waals surface area contributed by atoms with Gasteiger partial charge in [0.25, 0.3) is 0 Å². The lowest BCUT2D eigenvalue weighted by atomic mass is 10.1. The van der Waals surface area contributed by atoms with Crippen molar-refractivity contribution >= 4 is 12.3 Å². The highest BCUT2D eigenvalue weighted by Crippen LogP contribution is 2.14. The highest BCUT2D eigenvalue weighted by atomic mass is 16.5. The minimum Gasteiger partial charge on any atom is -0.508 e. The van der Waals surface area contributed by atoms with Crippen LogP contribution in [0.1, 0.15) is 31.8 Å². The van der Waals surface area contributed by atoms with E-state index in [0.717, 1.165) is 0 Å². The fourth-order valence-electron chi connectivity index (χ4n) is 1.71. The average Bonchev–Trinajstić information content (AvgIpc) is 2.53. The second kappa shape index (κ2) is 6.40. The van der Waals surface area contributed by atoms with E-state index in [-0.39, 0.29) is 5.75 Å². The summed E-state index contributed by atoms with van der Waals surface area (Å²) in [4.78, 5) is 22.2. The summed E-state index contributed by atoms with van der Waals surface area (Å²) in [6.07, 6.45) is 0.643. The van der Waals surface area contributed by atoms with Crippen LogP contribution in [0.3, 0.4) is 0 Å². The van der Waals surface area contributed by atoms with Gasteiger partial charge in [0.05, 0.1) is 12.7 Å². The molecule has 0 unspecified atom stereocenters. The smallest absolute Gasteiger partial charge is 0.337 e. The minimum absolute atomic E-state index is 0.0186. The number of hydrogen-bond donors (Lipinski definition) is 1. The van der Waals surface area contributed by atoms with Crippen molar-refractivity contribution in [3.63, 3.8) is 0 Å². The molecule has 4 nitrogen and oxygen atoms in total. The van der Waals surface area contributed by atoms with E-state index in [2.05, 4.69) is 16.6 Å². The third-order valence-electron chi connectivity index (χ3n) is 2.81. The predicted octanol–water partition coefficient (Wildman–Crippen LogP) is 2.39. The predicted molar refractivity (Wildman–Crippen MR) is 77.3 cm³/mol. The van der Waals surface area contributed by atoms with Crippen molar-refractivity contribution in [2.45, 2.75) is 0 Å². The van der Waals surface area contributed by atoms with Crippen LogP contribution in [0.5, 0.6) is 5.75 Å². The first-order chi connectivity index (χ1) is 10.1. The van der Waals surface area contributed by atoms with Crippen LogP contribution in [0.2, 0.25) is 0 Å². The number of carbonyl (C=O) groups is 2. The van der Waals surface area contributed by atoms with E-state index >= 15 is 0 Å². The van der Waals surface area contributed by atoms with Crippen LogP contribution >= 0.6 is 0 Å². The number of aldehydes is 1. The van der Waals surface area contributed by atoms with Crippen molar-refractivity contribution in [3.05, 3.63) is 64.7 Å². The van der Waals surface area contributed by atoms with Crippen LogP contribution in [0.25, 0.3) is 0 Å². The molecule has 2 aromatic rings. The van der Waals surface area contributed by atoms with Gasteiger partial charge in [0, 0.05) is 16.7 Å². The lowest BCUT2D eigenvalue weighted by Gasteiger charge is -1.99. The molecule has 21 heavy (non-hydrogen) atoms. The van der Waals surface area contributed by atoms with Gasteiger partial charge in [-0.1, -0.05) is 11.8 Å². The summed E-state index contributed by atoms with van der Waals surface area (Å²) < 4.78 is 4.61. The van der Waals surface area contributed by atoms with Crippen LogP contribution in [-0.4, -0.2) is 24.5 Å². The molecular formula is C17H12O4. The third-order valence-corrected chi connectivity index (χ3v) is 2.81. The largest absolute Gasteiger partial charge is 0.508 e. The lowest BCUT2D eigenvalue weighted by Crippen LogP contribution is -2.00. The van der Waals surface area contributed by atoms with Crippen LogP contribution in [0, 0.1) is 11.8 Å². The first kappa shape index (κ1) is 14.4. The second-order valence-corrected chi connectivity index (χ2v) is 4.21. The Morgan fingerprint density at radius 3 is 2.48 bits per heavy atom. The van der Waals surface area contributed by atoms with E-state index in [4.69, 9.17) is 0 Å². The molecule has 0 aliphatic heterocycles. The van der Waals surface area contributed by atoms with Crippen molar-refractivity contribution in [1.82, 2.24) is 0 Å². The summed E-state index contributed by atoms with van der Waals surface area (Å²) in [6.45, 7) is 0. The van der Waals surface area contributed by atoms with E-state index in [1.807, 2.05) is 0 Å². The van der Waals surface area contributed by atoms with Gasteiger partial charge >= 0.3 is 5.97 Å². The van der Waals surface area contributed by atoms with E-state index in [1.54, 1.807) is 30.3 Å². The number of carbonyl (C=O) groups excluding carboxylic acids is 2. The number of hydrogen-bond acceptors (Lipinski definition) is 4. The first-order valence-electron chi connectivity index (χ1n) is 6.12. The maximum Gasteiger partial charge on any atom is 0.337 e. The molecule has 0 bridgehead atoms. The zero-order chi connectivity index (χ0) is 15.2. The van der Waals surface area contributed by atoms with Crippen LogP contribution < -0.4 is 0 Å². The summed E-state index contributed by atoms with van der Waals surface area (Å²) in [5, 5.41) is 9.31. The average molecular weight is 280 g/mol. The number of ether oxygens (including phenoxy) is 1. The Bertz CT molecular complexity index is 734. The number of aromatic hydroxyl groups is 1. The van der Waals surface area contributed by atoms with Gasteiger partial charge in [-0.25, -0.2) is 4.79 Å². The molecule has 4 heteroatoms. The van der Waals surface area contributed by atoms with Crippen molar-refractivity contribution in [2.75, 3.05) is 7.11 Å². The van der Waals surface area contributed by atoms with Crippen molar-refractivity contribution in [2.24, 2.45) is 0 Å². The number of methoxy groups -OCH3 is 1. The van der Waals surface area contributed by atoms with Gasteiger partial charge in [-0.05, 0) is 42.5 Å². The van der Waals surface area contributed by atoms with Crippen LogP contribution in [0.4, 0.5) is 0 Å². The molecule has 2 rings (SSSR count). The lowest BCUT2D eigenvalue weighted by molar-refractivity contribution is 0.0600. The van der Waals surface area contributed by atoms with E-state index in [1.165, 1.54) is 19.2 Å². The van der Waals surface area contributed by atoms with Gasteiger partial charge in [-0.3, -0.25) is 4.79 Å². The summed E-state index contributed by atoms with van der Waals surface area (Å²) in [5.74, 6) is 5.37. The molecule has 0 saturated carbocycles. The number of esters is 1. The zero-order valence-electron chi connectivity index (χ0n) is 11.3. The Kier molecular flexibility index (Phi) is 4.37. The number of benzene rings is 2. The molecule has 0 aromatic heterocycles. The number of rotatable bonds is 2. The van der Waals surface area contributed by atoms with Crippen molar-refractivity contribution in [3.8, 4) is 17.6 Å². The van der Waals surface area contributed by atoms with Gasteiger partial charge in [-0.2, -0.15) is 0 Å².